The van der Waals surface area contributed by atoms with Crippen molar-refractivity contribution in [2.45, 2.75) is 51.2 Å². The number of likely N-dealkylation sites (tertiary alicyclic amines) is 1. The first-order valence-corrected chi connectivity index (χ1v) is 7.49. The van der Waals surface area contributed by atoms with Crippen molar-refractivity contribution in [1.82, 2.24) is 10.1 Å². The molecule has 3 N–H and O–H groups in total. The molecule has 0 bridgehead atoms. The Morgan fingerprint density at radius 2 is 2.18 bits per heavy atom. The molecule has 1 saturated heterocycles. The number of aromatic nitrogens is 1. The zero-order valence-corrected chi connectivity index (χ0v) is 13.6. The summed E-state index contributed by atoms with van der Waals surface area (Å²) < 4.78 is 5.14. The van der Waals surface area contributed by atoms with E-state index in [1.165, 1.54) is 0 Å². The van der Waals surface area contributed by atoms with Gasteiger partial charge in [-0.1, -0.05) is 19.0 Å². The van der Waals surface area contributed by atoms with Crippen LogP contribution in [0.1, 0.15) is 39.8 Å². The summed E-state index contributed by atoms with van der Waals surface area (Å²) in [5, 5.41) is 25.6. The van der Waals surface area contributed by atoms with Crippen LogP contribution in [0.4, 0.5) is 5.88 Å². The van der Waals surface area contributed by atoms with Gasteiger partial charge in [-0.05, 0) is 20.3 Å². The molecule has 0 radical (unpaired) electrons. The molecule has 0 saturated carbocycles. The summed E-state index contributed by atoms with van der Waals surface area (Å²) in [6.45, 7) is 8.41. The maximum Gasteiger partial charge on any atom is 0.246 e. The van der Waals surface area contributed by atoms with Gasteiger partial charge in [0.05, 0.1) is 23.9 Å². The minimum Gasteiger partial charge on any atom is -0.395 e. The van der Waals surface area contributed by atoms with Crippen LogP contribution in [-0.2, 0) is 10.2 Å². The van der Waals surface area contributed by atoms with Crippen LogP contribution in [-0.4, -0.2) is 57.5 Å². The molecule has 0 unspecified atom stereocenters. The molecule has 1 aromatic heterocycles. The number of rotatable bonds is 5. The van der Waals surface area contributed by atoms with Gasteiger partial charge in [0.15, 0.2) is 0 Å². The molecule has 0 aromatic carbocycles. The Kier molecular flexibility index (Phi) is 4.60. The van der Waals surface area contributed by atoms with Crippen LogP contribution < -0.4 is 5.32 Å². The van der Waals surface area contributed by atoms with E-state index >= 15 is 0 Å². The fourth-order valence-electron chi connectivity index (χ4n) is 2.39. The van der Waals surface area contributed by atoms with E-state index in [9.17, 15) is 15.0 Å². The van der Waals surface area contributed by atoms with E-state index in [4.69, 9.17) is 4.52 Å². The van der Waals surface area contributed by atoms with Crippen LogP contribution in [0.5, 0.6) is 0 Å². The molecule has 1 atom stereocenters. The molecular weight excluding hydrogens is 286 g/mol. The second-order valence-electron chi connectivity index (χ2n) is 7.02. The maximum atomic E-state index is 12.5. The third kappa shape index (κ3) is 3.31. The van der Waals surface area contributed by atoms with Crippen LogP contribution in [0.3, 0.4) is 0 Å². The van der Waals surface area contributed by atoms with Crippen molar-refractivity contribution < 1.29 is 19.5 Å². The van der Waals surface area contributed by atoms with Gasteiger partial charge in [-0.2, -0.15) is 0 Å². The molecule has 1 aliphatic rings. The lowest BCUT2D eigenvalue weighted by Gasteiger charge is -2.33. The van der Waals surface area contributed by atoms with E-state index in [0.717, 1.165) is 0 Å². The summed E-state index contributed by atoms with van der Waals surface area (Å²) in [5.41, 5.74) is -0.697. The van der Waals surface area contributed by atoms with Crippen LogP contribution in [0.2, 0.25) is 0 Å². The van der Waals surface area contributed by atoms with Crippen LogP contribution in [0.15, 0.2) is 10.6 Å². The van der Waals surface area contributed by atoms with Crippen molar-refractivity contribution in [3.8, 4) is 0 Å². The van der Waals surface area contributed by atoms with Crippen LogP contribution in [0.25, 0.3) is 0 Å². The highest BCUT2D eigenvalue weighted by Gasteiger charge is 2.39. The molecule has 7 nitrogen and oxygen atoms in total. The molecule has 124 valence electrons. The van der Waals surface area contributed by atoms with Crippen molar-refractivity contribution in [3.05, 3.63) is 11.8 Å². The first kappa shape index (κ1) is 16.9. The molecule has 22 heavy (non-hydrogen) atoms. The first-order chi connectivity index (χ1) is 10.2. The smallest absolute Gasteiger partial charge is 0.246 e. The monoisotopic (exact) mass is 311 g/mol. The fourth-order valence-corrected chi connectivity index (χ4v) is 2.39. The fraction of sp³-hybridized carbons (Fsp3) is 0.733. The molecule has 1 aromatic rings. The van der Waals surface area contributed by atoms with Crippen molar-refractivity contribution in [2.75, 3.05) is 25.0 Å². The molecule has 2 rings (SSSR count). The van der Waals surface area contributed by atoms with Crippen molar-refractivity contribution in [3.63, 3.8) is 0 Å². The molecule has 1 amide bonds. The van der Waals surface area contributed by atoms with Crippen LogP contribution in [0, 0.1) is 0 Å². The lowest BCUT2D eigenvalue weighted by atomic mass is 9.91. The second-order valence-corrected chi connectivity index (χ2v) is 7.02. The predicted octanol–water partition coefficient (Wildman–Crippen LogP) is 0.728. The summed E-state index contributed by atoms with van der Waals surface area (Å²) in [4.78, 5) is 14.4. The summed E-state index contributed by atoms with van der Waals surface area (Å²) in [6, 6.07) is 1.63. The zero-order chi connectivity index (χ0) is 16.5. The number of aliphatic hydroxyl groups excluding tert-OH is 2. The number of nitrogens with zero attached hydrogens (tertiary/aromatic N) is 2. The average Bonchev–Trinajstić information content (AvgIpc) is 3.08. The molecule has 7 heteroatoms. The Balaban J connectivity index is 2.05. The summed E-state index contributed by atoms with van der Waals surface area (Å²) in [6.07, 6.45) is 0.294. The highest BCUT2D eigenvalue weighted by molar-refractivity contribution is 5.96. The Morgan fingerprint density at radius 1 is 1.50 bits per heavy atom. The van der Waals surface area contributed by atoms with Gasteiger partial charge in [-0.3, -0.25) is 15.0 Å². The Bertz CT molecular complexity index is 539. The van der Waals surface area contributed by atoms with E-state index < -0.39 is 11.0 Å². The molecule has 0 spiro atoms. The van der Waals surface area contributed by atoms with E-state index in [-0.39, 0.29) is 24.5 Å². The predicted molar refractivity (Wildman–Crippen MR) is 81.5 cm³/mol. The van der Waals surface area contributed by atoms with Gasteiger partial charge >= 0.3 is 0 Å². The van der Waals surface area contributed by atoms with Crippen molar-refractivity contribution in [1.29, 1.82) is 0 Å². The number of carbonyl (C=O) groups is 1. The Morgan fingerprint density at radius 3 is 2.73 bits per heavy atom. The molecular formula is C15H25N3O4. The number of β-amino-alcohol motifs (C(OH)–C–C–N with tert-alkyl or cyclic N) is 1. The first-order valence-electron chi connectivity index (χ1n) is 7.49. The average molecular weight is 311 g/mol. The maximum absolute atomic E-state index is 12.5. The van der Waals surface area contributed by atoms with Gasteiger partial charge in [0.25, 0.3) is 0 Å². The third-order valence-electron chi connectivity index (χ3n) is 4.35. The van der Waals surface area contributed by atoms with Gasteiger partial charge in [0.1, 0.15) is 0 Å². The Labute approximate surface area is 130 Å². The minimum absolute atomic E-state index is 0.0654. The van der Waals surface area contributed by atoms with Crippen molar-refractivity contribution in [2.24, 2.45) is 0 Å². The number of nitrogens with one attached hydrogen (secondary N) is 1. The standard InChI is InChI=1S/C15H25N3O4/c1-14(2,9-19)11-7-12(22-17-11)16-13(21)15(3,4)18-6-5-10(20)8-18/h7,10,19-20H,5-6,8-9H2,1-4H3,(H,16,21)/t10-/m0/s1. The SMILES string of the molecule is CC(C)(CO)c1cc(NC(=O)C(C)(C)N2CC[C@H](O)C2)on1. The topological polar surface area (TPSA) is 98.8 Å². The molecule has 0 aliphatic carbocycles. The number of anilines is 1. The van der Waals surface area contributed by atoms with Crippen molar-refractivity contribution >= 4 is 11.8 Å². The summed E-state index contributed by atoms with van der Waals surface area (Å²) in [7, 11) is 0. The lowest BCUT2D eigenvalue weighted by molar-refractivity contribution is -0.126. The van der Waals surface area contributed by atoms with E-state index in [1.807, 2.05) is 32.6 Å². The second kappa shape index (κ2) is 5.98. The number of amides is 1. The van der Waals surface area contributed by atoms with E-state index in [1.54, 1.807) is 6.07 Å². The number of aliphatic hydroxyl groups is 2. The number of hydrogen-bond donors (Lipinski definition) is 3. The molecule has 2 heterocycles. The quantitative estimate of drug-likeness (QED) is 0.741. The normalized spacial score (nSPS) is 20.4. The summed E-state index contributed by atoms with van der Waals surface area (Å²) >= 11 is 0. The van der Waals surface area contributed by atoms with Gasteiger partial charge in [0, 0.05) is 24.6 Å². The summed E-state index contributed by atoms with van der Waals surface area (Å²) in [5.74, 6) is 0.0421. The Hall–Kier alpha value is -1.44. The number of carbonyl (C=O) groups excluding carboxylic acids is 1. The zero-order valence-electron chi connectivity index (χ0n) is 13.6. The largest absolute Gasteiger partial charge is 0.395 e. The highest BCUT2D eigenvalue weighted by Crippen LogP contribution is 2.26. The van der Waals surface area contributed by atoms with Crippen LogP contribution >= 0.6 is 0 Å². The van der Waals surface area contributed by atoms with Gasteiger partial charge in [-0.15, -0.1) is 0 Å². The minimum atomic E-state index is -0.753. The lowest BCUT2D eigenvalue weighted by Crippen LogP contribution is -2.51. The van der Waals surface area contributed by atoms with E-state index in [0.29, 0.717) is 25.2 Å². The van der Waals surface area contributed by atoms with Gasteiger partial charge in [0.2, 0.25) is 11.8 Å². The van der Waals surface area contributed by atoms with Gasteiger partial charge in [-0.25, -0.2) is 0 Å². The molecule has 1 fully saturated rings. The molecule has 1 aliphatic heterocycles. The van der Waals surface area contributed by atoms with E-state index in [2.05, 4.69) is 10.5 Å². The highest BCUT2D eigenvalue weighted by atomic mass is 16.5. The number of hydrogen-bond acceptors (Lipinski definition) is 6. The van der Waals surface area contributed by atoms with Gasteiger partial charge < -0.3 is 14.7 Å². The third-order valence-corrected chi connectivity index (χ3v) is 4.35.